The van der Waals surface area contributed by atoms with Gasteiger partial charge in [0.15, 0.2) is 11.5 Å². The van der Waals surface area contributed by atoms with Gasteiger partial charge in [-0.3, -0.25) is 4.40 Å². The van der Waals surface area contributed by atoms with E-state index in [1.54, 1.807) is 12.5 Å². The molecule has 4 rings (SSSR count). The Kier molecular flexibility index (Phi) is 2.53. The highest BCUT2D eigenvalue weighted by atomic mass is 15.3. The molecule has 0 atom stereocenters. The van der Waals surface area contributed by atoms with E-state index in [0.717, 1.165) is 48.8 Å². The number of aromatic nitrogens is 5. The van der Waals surface area contributed by atoms with Gasteiger partial charge in [0.2, 0.25) is 5.65 Å². The normalized spacial score (nSPS) is 17.1. The maximum absolute atomic E-state index is 4.75. The fourth-order valence-electron chi connectivity index (χ4n) is 2.60. The first-order chi connectivity index (χ1) is 9.83. The first-order valence-corrected chi connectivity index (χ1v) is 6.71. The summed E-state index contributed by atoms with van der Waals surface area (Å²) in [6, 6.07) is 3.88. The molecule has 3 aromatic rings. The van der Waals surface area contributed by atoms with E-state index in [-0.39, 0.29) is 0 Å². The minimum absolute atomic E-state index is 0.778. The molecule has 0 aliphatic carbocycles. The third-order valence-electron chi connectivity index (χ3n) is 3.77. The van der Waals surface area contributed by atoms with Crippen LogP contribution < -0.4 is 4.90 Å². The van der Waals surface area contributed by atoms with E-state index in [4.69, 9.17) is 4.98 Å². The second kappa shape index (κ2) is 4.38. The summed E-state index contributed by atoms with van der Waals surface area (Å²) in [6.45, 7) is 3.98. The standard InChI is InChI=1S/C13H15N7/c1-18-5-7-19(8-6-18)12-13-17-15-9-20(13)11-10(16-12)3-2-4-14-11/h2-4,9H,5-8H2,1H3. The van der Waals surface area contributed by atoms with Crippen LogP contribution >= 0.6 is 0 Å². The van der Waals surface area contributed by atoms with E-state index in [1.165, 1.54) is 0 Å². The lowest BCUT2D eigenvalue weighted by molar-refractivity contribution is 0.312. The van der Waals surface area contributed by atoms with Crippen molar-refractivity contribution < 1.29 is 0 Å². The Morgan fingerprint density at radius 3 is 2.80 bits per heavy atom. The van der Waals surface area contributed by atoms with Gasteiger partial charge in [0.25, 0.3) is 0 Å². The molecule has 1 saturated heterocycles. The lowest BCUT2D eigenvalue weighted by atomic mass is 10.3. The number of pyridine rings is 1. The van der Waals surface area contributed by atoms with Crippen LogP contribution in [0.3, 0.4) is 0 Å². The first-order valence-electron chi connectivity index (χ1n) is 6.71. The highest BCUT2D eigenvalue weighted by Gasteiger charge is 2.20. The van der Waals surface area contributed by atoms with Gasteiger partial charge in [0, 0.05) is 32.4 Å². The molecule has 0 radical (unpaired) electrons. The lowest BCUT2D eigenvalue weighted by Crippen LogP contribution is -2.45. The summed E-state index contributed by atoms with van der Waals surface area (Å²) in [4.78, 5) is 13.7. The summed E-state index contributed by atoms with van der Waals surface area (Å²) in [7, 11) is 2.14. The second-order valence-electron chi connectivity index (χ2n) is 5.10. The zero-order valence-electron chi connectivity index (χ0n) is 11.3. The molecule has 0 amide bonds. The number of nitrogens with zero attached hydrogens (tertiary/aromatic N) is 7. The van der Waals surface area contributed by atoms with Crippen LogP contribution in [0.2, 0.25) is 0 Å². The van der Waals surface area contributed by atoms with E-state index in [9.17, 15) is 0 Å². The fourth-order valence-corrected chi connectivity index (χ4v) is 2.60. The van der Waals surface area contributed by atoms with Crippen LogP contribution in [0.5, 0.6) is 0 Å². The SMILES string of the molecule is CN1CCN(c2nc3cccnc3n3cnnc23)CC1. The maximum atomic E-state index is 4.75. The Morgan fingerprint density at radius 2 is 1.95 bits per heavy atom. The van der Waals surface area contributed by atoms with Gasteiger partial charge in [-0.1, -0.05) is 0 Å². The fraction of sp³-hybridized carbons (Fsp3) is 0.385. The summed E-state index contributed by atoms with van der Waals surface area (Å²) >= 11 is 0. The highest BCUT2D eigenvalue weighted by Crippen LogP contribution is 2.22. The van der Waals surface area contributed by atoms with E-state index < -0.39 is 0 Å². The first kappa shape index (κ1) is 11.5. The minimum atomic E-state index is 0.778. The van der Waals surface area contributed by atoms with E-state index in [0.29, 0.717) is 0 Å². The highest BCUT2D eigenvalue weighted by molar-refractivity contribution is 5.79. The molecule has 1 fully saturated rings. The van der Waals surface area contributed by atoms with Gasteiger partial charge in [-0.2, -0.15) is 0 Å². The van der Waals surface area contributed by atoms with Crippen molar-refractivity contribution >= 4 is 22.6 Å². The predicted molar refractivity (Wildman–Crippen MR) is 75.8 cm³/mol. The van der Waals surface area contributed by atoms with E-state index in [2.05, 4.69) is 32.0 Å². The number of anilines is 1. The van der Waals surface area contributed by atoms with E-state index in [1.807, 2.05) is 16.5 Å². The Labute approximate surface area is 115 Å². The minimum Gasteiger partial charge on any atom is -0.351 e. The summed E-state index contributed by atoms with van der Waals surface area (Å²) in [6.07, 6.45) is 3.46. The van der Waals surface area contributed by atoms with Crippen LogP contribution in [-0.2, 0) is 0 Å². The third kappa shape index (κ3) is 1.70. The number of likely N-dealkylation sites (N-methyl/N-ethyl adjacent to an activating group) is 1. The molecule has 0 unspecified atom stereocenters. The van der Waals surface area contributed by atoms with Gasteiger partial charge in [-0.15, -0.1) is 10.2 Å². The van der Waals surface area contributed by atoms with Gasteiger partial charge >= 0.3 is 0 Å². The molecule has 1 aliphatic rings. The molecule has 20 heavy (non-hydrogen) atoms. The van der Waals surface area contributed by atoms with Crippen molar-refractivity contribution in [2.45, 2.75) is 0 Å². The summed E-state index contributed by atoms with van der Waals surface area (Å²) in [5.41, 5.74) is 2.44. The summed E-state index contributed by atoms with van der Waals surface area (Å²) < 4.78 is 1.91. The molecule has 1 aliphatic heterocycles. The van der Waals surface area contributed by atoms with Gasteiger partial charge in [0.1, 0.15) is 11.8 Å². The van der Waals surface area contributed by atoms with E-state index >= 15 is 0 Å². The number of hydrogen-bond donors (Lipinski definition) is 0. The van der Waals surface area contributed by atoms with Crippen molar-refractivity contribution in [1.82, 2.24) is 29.5 Å². The smallest absolute Gasteiger partial charge is 0.205 e. The van der Waals surface area contributed by atoms with Crippen molar-refractivity contribution in [3.05, 3.63) is 24.7 Å². The molecule has 0 N–H and O–H groups in total. The van der Waals surface area contributed by atoms with Crippen LogP contribution in [0.25, 0.3) is 16.8 Å². The molecule has 7 nitrogen and oxygen atoms in total. The summed E-state index contributed by atoms with van der Waals surface area (Å²) in [5.74, 6) is 0.899. The van der Waals surface area contributed by atoms with Crippen molar-refractivity contribution in [2.75, 3.05) is 38.1 Å². The summed E-state index contributed by atoms with van der Waals surface area (Å²) in [5, 5.41) is 8.24. The van der Waals surface area contributed by atoms with Crippen molar-refractivity contribution in [3.8, 4) is 0 Å². The average molecular weight is 269 g/mol. The number of piperazine rings is 1. The second-order valence-corrected chi connectivity index (χ2v) is 5.10. The van der Waals surface area contributed by atoms with Crippen LogP contribution in [-0.4, -0.2) is 62.7 Å². The number of rotatable bonds is 1. The Bertz CT molecular complexity index is 758. The zero-order chi connectivity index (χ0) is 13.5. The van der Waals surface area contributed by atoms with Gasteiger partial charge < -0.3 is 9.80 Å². The maximum Gasteiger partial charge on any atom is 0.205 e. The molecule has 4 heterocycles. The largest absolute Gasteiger partial charge is 0.351 e. The molecular weight excluding hydrogens is 254 g/mol. The van der Waals surface area contributed by atoms with Crippen molar-refractivity contribution in [3.63, 3.8) is 0 Å². The molecule has 0 saturated carbocycles. The topological polar surface area (TPSA) is 62.5 Å². The molecule has 102 valence electrons. The van der Waals surface area contributed by atoms with Crippen molar-refractivity contribution in [2.24, 2.45) is 0 Å². The molecule has 3 aromatic heterocycles. The number of fused-ring (bicyclic) bond motifs is 3. The number of hydrogen-bond acceptors (Lipinski definition) is 6. The molecule has 0 bridgehead atoms. The van der Waals surface area contributed by atoms with Gasteiger partial charge in [-0.25, -0.2) is 9.97 Å². The lowest BCUT2D eigenvalue weighted by Gasteiger charge is -2.33. The average Bonchev–Trinajstić information content (AvgIpc) is 2.97. The molecular formula is C13H15N7. The van der Waals surface area contributed by atoms with Crippen LogP contribution in [0.4, 0.5) is 5.82 Å². The zero-order valence-corrected chi connectivity index (χ0v) is 11.3. The molecule has 0 aromatic carbocycles. The van der Waals surface area contributed by atoms with Gasteiger partial charge in [0.05, 0.1) is 0 Å². The Morgan fingerprint density at radius 1 is 1.10 bits per heavy atom. The quantitative estimate of drug-likeness (QED) is 0.638. The molecule has 0 spiro atoms. The Balaban J connectivity index is 1.90. The van der Waals surface area contributed by atoms with Gasteiger partial charge in [-0.05, 0) is 19.2 Å². The van der Waals surface area contributed by atoms with Crippen LogP contribution in [0.1, 0.15) is 0 Å². The van der Waals surface area contributed by atoms with Crippen LogP contribution in [0.15, 0.2) is 24.7 Å². The predicted octanol–water partition coefficient (Wildman–Crippen LogP) is 0.424. The molecule has 7 heteroatoms. The van der Waals surface area contributed by atoms with Crippen LogP contribution in [0, 0.1) is 0 Å². The van der Waals surface area contributed by atoms with Crippen molar-refractivity contribution in [1.29, 1.82) is 0 Å². The monoisotopic (exact) mass is 269 g/mol. The Hall–Kier alpha value is -2.28. The third-order valence-corrected chi connectivity index (χ3v) is 3.77.